The number of carbonyl (C=O) groups excluding carboxylic acids is 1. The molecule has 0 radical (unpaired) electrons. The van der Waals surface area contributed by atoms with Crippen LogP contribution in [0.1, 0.15) is 25.1 Å². The molecule has 0 saturated carbocycles. The van der Waals surface area contributed by atoms with Gasteiger partial charge in [-0.15, -0.1) is 11.3 Å². The zero-order valence-electron chi connectivity index (χ0n) is 19.9. The highest BCUT2D eigenvalue weighted by Crippen LogP contribution is 2.35. The molecule has 3 heterocycles. The minimum Gasteiger partial charge on any atom is -0.495 e. The summed E-state index contributed by atoms with van der Waals surface area (Å²) >= 11 is 7.27. The second kappa shape index (κ2) is 9.88. The summed E-state index contributed by atoms with van der Waals surface area (Å²) in [7, 11) is -2.42. The van der Waals surface area contributed by atoms with Gasteiger partial charge in [0.15, 0.2) is 0 Å². The van der Waals surface area contributed by atoms with E-state index in [9.17, 15) is 18.0 Å². The summed E-state index contributed by atoms with van der Waals surface area (Å²) in [5, 5.41) is 3.04. The Kier molecular flexibility index (Phi) is 7.23. The highest BCUT2D eigenvalue weighted by molar-refractivity contribution is 7.89. The number of aromatic nitrogens is 2. The van der Waals surface area contributed by atoms with Crippen LogP contribution in [0.15, 0.2) is 34.2 Å². The van der Waals surface area contributed by atoms with E-state index < -0.39 is 21.5 Å². The van der Waals surface area contributed by atoms with Crippen LogP contribution in [0.2, 0.25) is 5.02 Å². The van der Waals surface area contributed by atoms with E-state index in [0.29, 0.717) is 39.3 Å². The number of hydrogen-bond donors (Lipinski definition) is 1. The van der Waals surface area contributed by atoms with E-state index >= 15 is 0 Å². The first kappa shape index (κ1) is 25.6. The maximum absolute atomic E-state index is 13.6. The molecule has 0 aliphatic carbocycles. The van der Waals surface area contributed by atoms with Gasteiger partial charge in [0.1, 0.15) is 22.0 Å². The monoisotopic (exact) mass is 538 g/mol. The van der Waals surface area contributed by atoms with Gasteiger partial charge in [0.05, 0.1) is 23.8 Å². The largest absolute Gasteiger partial charge is 0.495 e. The van der Waals surface area contributed by atoms with E-state index in [1.807, 2.05) is 13.8 Å². The van der Waals surface area contributed by atoms with Crippen molar-refractivity contribution in [2.24, 2.45) is 11.8 Å². The molecule has 1 N–H and O–H groups in total. The summed E-state index contributed by atoms with van der Waals surface area (Å²) in [6.07, 6.45) is 2.22. The quantitative estimate of drug-likeness (QED) is 0.512. The van der Waals surface area contributed by atoms with Crippen LogP contribution in [-0.4, -0.2) is 48.4 Å². The van der Waals surface area contributed by atoms with Gasteiger partial charge in [0, 0.05) is 23.7 Å². The first-order valence-corrected chi connectivity index (χ1v) is 13.8. The van der Waals surface area contributed by atoms with Crippen molar-refractivity contribution in [3.63, 3.8) is 0 Å². The van der Waals surface area contributed by atoms with Crippen molar-refractivity contribution in [1.29, 1.82) is 0 Å². The van der Waals surface area contributed by atoms with Crippen LogP contribution in [0.25, 0.3) is 10.2 Å². The number of rotatable bonds is 6. The molecule has 2 aromatic heterocycles. The number of thiophene rings is 1. The highest BCUT2D eigenvalue weighted by atomic mass is 35.5. The van der Waals surface area contributed by atoms with Gasteiger partial charge in [-0.25, -0.2) is 13.4 Å². The van der Waals surface area contributed by atoms with Gasteiger partial charge in [-0.1, -0.05) is 25.4 Å². The molecule has 35 heavy (non-hydrogen) atoms. The number of carbonyl (C=O) groups is 1. The Hall–Kier alpha value is -2.47. The van der Waals surface area contributed by atoms with E-state index in [-0.39, 0.29) is 28.7 Å². The average Bonchev–Trinajstić information content (AvgIpc) is 3.12. The number of aryl methyl sites for hydroxylation is 1. The Morgan fingerprint density at radius 1 is 1.29 bits per heavy atom. The molecule has 1 aliphatic rings. The third kappa shape index (κ3) is 5.09. The molecule has 12 heteroatoms. The lowest BCUT2D eigenvalue weighted by atomic mass is 9.94. The highest BCUT2D eigenvalue weighted by Gasteiger charge is 2.35. The Morgan fingerprint density at radius 2 is 1.97 bits per heavy atom. The number of halogens is 1. The fourth-order valence-corrected chi connectivity index (χ4v) is 8.17. The normalized spacial score (nSPS) is 19.1. The SMILES string of the molecule is COc1ccc(NC(=O)Cn2cnc3sc(C)c(S(=O)(=O)N4C[C@H](C)C[C@H](C)C4)c3c2=O)cc1Cl. The molecule has 0 unspecified atom stereocenters. The van der Waals surface area contributed by atoms with Crippen molar-refractivity contribution in [2.45, 2.75) is 38.6 Å². The number of anilines is 1. The van der Waals surface area contributed by atoms with Gasteiger partial charge < -0.3 is 10.1 Å². The molecule has 4 rings (SSSR count). The van der Waals surface area contributed by atoms with Crippen LogP contribution in [0.5, 0.6) is 5.75 Å². The number of piperidine rings is 1. The number of hydrogen-bond acceptors (Lipinski definition) is 7. The Morgan fingerprint density at radius 3 is 2.60 bits per heavy atom. The van der Waals surface area contributed by atoms with Crippen LogP contribution in [0, 0.1) is 18.8 Å². The number of benzene rings is 1. The summed E-state index contributed by atoms with van der Waals surface area (Å²) in [6, 6.07) is 4.78. The maximum Gasteiger partial charge on any atom is 0.263 e. The predicted molar refractivity (Wildman–Crippen MR) is 137 cm³/mol. The molecular formula is C23H27ClN4O5S2. The second-order valence-corrected chi connectivity index (χ2v) is 12.5. The number of fused-ring (bicyclic) bond motifs is 1. The first-order valence-electron chi connectivity index (χ1n) is 11.1. The van der Waals surface area contributed by atoms with E-state index in [0.717, 1.165) is 22.3 Å². The Labute approximate surface area is 212 Å². The number of nitrogens with one attached hydrogen (secondary N) is 1. The molecule has 0 spiro atoms. The van der Waals surface area contributed by atoms with Gasteiger partial charge in [-0.2, -0.15) is 4.31 Å². The first-order chi connectivity index (χ1) is 16.5. The van der Waals surface area contributed by atoms with Crippen LogP contribution >= 0.6 is 22.9 Å². The summed E-state index contributed by atoms with van der Waals surface area (Å²) in [4.78, 5) is 31.1. The van der Waals surface area contributed by atoms with Crippen LogP contribution < -0.4 is 15.6 Å². The van der Waals surface area contributed by atoms with E-state index in [4.69, 9.17) is 16.3 Å². The lowest BCUT2D eigenvalue weighted by Gasteiger charge is -2.34. The van der Waals surface area contributed by atoms with Crippen LogP contribution in [-0.2, 0) is 21.4 Å². The van der Waals surface area contributed by atoms with Gasteiger partial charge >= 0.3 is 0 Å². The minimum atomic E-state index is -3.91. The molecule has 1 saturated heterocycles. The summed E-state index contributed by atoms with van der Waals surface area (Å²) in [6.45, 7) is 6.22. The zero-order chi connectivity index (χ0) is 25.5. The molecule has 1 aliphatic heterocycles. The Bertz CT molecular complexity index is 1440. The lowest BCUT2D eigenvalue weighted by molar-refractivity contribution is -0.116. The summed E-state index contributed by atoms with van der Waals surface area (Å²) < 4.78 is 35.0. The van der Waals surface area contributed by atoms with Crippen molar-refractivity contribution >= 4 is 54.8 Å². The van der Waals surface area contributed by atoms with Gasteiger partial charge in [0.25, 0.3) is 5.56 Å². The molecule has 188 valence electrons. The van der Waals surface area contributed by atoms with E-state index in [1.54, 1.807) is 19.1 Å². The molecule has 9 nitrogen and oxygen atoms in total. The smallest absolute Gasteiger partial charge is 0.263 e. The number of sulfonamides is 1. The van der Waals surface area contributed by atoms with Gasteiger partial charge in [-0.05, 0) is 43.4 Å². The molecule has 1 amide bonds. The predicted octanol–water partition coefficient (Wildman–Crippen LogP) is 3.73. The second-order valence-electron chi connectivity index (χ2n) is 9.01. The Balaban J connectivity index is 1.66. The maximum atomic E-state index is 13.6. The van der Waals surface area contributed by atoms with Gasteiger partial charge in [-0.3, -0.25) is 14.2 Å². The number of ether oxygens (including phenoxy) is 1. The number of amides is 1. The van der Waals surface area contributed by atoms with Crippen molar-refractivity contribution < 1.29 is 17.9 Å². The van der Waals surface area contributed by atoms with Gasteiger partial charge in [0.2, 0.25) is 15.9 Å². The zero-order valence-corrected chi connectivity index (χ0v) is 22.3. The summed E-state index contributed by atoms with van der Waals surface area (Å²) in [5.41, 5.74) is -0.134. The molecule has 0 bridgehead atoms. The summed E-state index contributed by atoms with van der Waals surface area (Å²) in [5.74, 6) is 0.437. The number of nitrogens with zero attached hydrogens (tertiary/aromatic N) is 3. The number of methoxy groups -OCH3 is 1. The third-order valence-electron chi connectivity index (χ3n) is 5.98. The van der Waals surface area contributed by atoms with Crippen molar-refractivity contribution in [3.8, 4) is 5.75 Å². The van der Waals surface area contributed by atoms with Crippen LogP contribution in [0.4, 0.5) is 5.69 Å². The van der Waals surface area contributed by atoms with E-state index in [1.165, 1.54) is 23.8 Å². The minimum absolute atomic E-state index is 0.00649. The molecule has 1 aromatic carbocycles. The molecular weight excluding hydrogens is 512 g/mol. The average molecular weight is 539 g/mol. The fraction of sp³-hybridized carbons (Fsp3) is 0.435. The van der Waals surface area contributed by atoms with E-state index in [2.05, 4.69) is 10.3 Å². The third-order valence-corrected chi connectivity index (χ3v) is 9.42. The standard InChI is InChI=1S/C23H27ClN4O5S2/c1-13-7-14(2)10-28(9-13)35(31,32)21-15(3)34-22-20(21)23(30)27(12-25-22)11-19(29)26-16-5-6-18(33-4)17(24)8-16/h5-6,8,12-14H,7,9-11H2,1-4H3,(H,26,29)/t13-,14+. The molecule has 3 aromatic rings. The van der Waals surface area contributed by atoms with Crippen molar-refractivity contribution in [2.75, 3.05) is 25.5 Å². The fourth-order valence-electron chi connectivity index (χ4n) is 4.57. The molecule has 1 fully saturated rings. The topological polar surface area (TPSA) is 111 Å². The van der Waals surface area contributed by atoms with Crippen LogP contribution in [0.3, 0.4) is 0 Å². The van der Waals surface area contributed by atoms with Crippen molar-refractivity contribution in [3.05, 3.63) is 44.8 Å². The molecule has 2 atom stereocenters. The van der Waals surface area contributed by atoms with Crippen molar-refractivity contribution in [1.82, 2.24) is 13.9 Å². The lowest BCUT2D eigenvalue weighted by Crippen LogP contribution is -2.42.